The van der Waals surface area contributed by atoms with Crippen LogP contribution in [0.2, 0.25) is 0 Å². The van der Waals surface area contributed by atoms with Crippen LogP contribution < -0.4 is 5.73 Å². The first-order valence-corrected chi connectivity index (χ1v) is 6.50. The summed E-state index contributed by atoms with van der Waals surface area (Å²) < 4.78 is 0. The van der Waals surface area contributed by atoms with Crippen LogP contribution in [0, 0.1) is 5.92 Å². The quantitative estimate of drug-likeness (QED) is 0.795. The van der Waals surface area contributed by atoms with Gasteiger partial charge in [-0.1, -0.05) is 13.8 Å². The molecule has 1 atom stereocenters. The molecule has 2 amide bonds. The molecule has 5 heteroatoms. The van der Waals surface area contributed by atoms with E-state index in [1.165, 1.54) is 0 Å². The summed E-state index contributed by atoms with van der Waals surface area (Å²) in [6.45, 7) is 8.76. The van der Waals surface area contributed by atoms with Crippen molar-refractivity contribution >= 4 is 11.8 Å². The van der Waals surface area contributed by atoms with Gasteiger partial charge < -0.3 is 15.5 Å². The Bertz CT molecular complexity index is 339. The molecule has 0 aromatic heterocycles. The minimum atomic E-state index is -0.793. The number of carbonyl (C=O) groups is 2. The summed E-state index contributed by atoms with van der Waals surface area (Å²) in [6.07, 6.45) is 0.648. The summed E-state index contributed by atoms with van der Waals surface area (Å²) in [5, 5.41) is 0. The van der Waals surface area contributed by atoms with Gasteiger partial charge in [0.05, 0.1) is 6.04 Å². The maximum atomic E-state index is 12.3. The van der Waals surface area contributed by atoms with Gasteiger partial charge in [-0.25, -0.2) is 0 Å². The van der Waals surface area contributed by atoms with Gasteiger partial charge in [0.15, 0.2) is 0 Å². The van der Waals surface area contributed by atoms with Crippen molar-refractivity contribution in [2.75, 3.05) is 20.1 Å². The van der Waals surface area contributed by atoms with Crippen LogP contribution >= 0.6 is 0 Å². The number of likely N-dealkylation sites (N-methyl/N-ethyl adjacent to an activating group) is 1. The van der Waals surface area contributed by atoms with Crippen LogP contribution in [-0.4, -0.2) is 53.3 Å². The van der Waals surface area contributed by atoms with Gasteiger partial charge in [-0.2, -0.15) is 0 Å². The number of nitrogens with two attached hydrogens (primary N) is 1. The third kappa shape index (κ3) is 2.83. The molecule has 0 unspecified atom stereocenters. The molecule has 1 fully saturated rings. The van der Waals surface area contributed by atoms with E-state index >= 15 is 0 Å². The van der Waals surface area contributed by atoms with E-state index in [1.54, 1.807) is 30.7 Å². The van der Waals surface area contributed by atoms with Crippen molar-refractivity contribution in [1.29, 1.82) is 0 Å². The third-order valence-electron chi connectivity index (χ3n) is 3.51. The van der Waals surface area contributed by atoms with Crippen LogP contribution in [0.15, 0.2) is 0 Å². The number of amides is 2. The van der Waals surface area contributed by atoms with Crippen molar-refractivity contribution in [2.24, 2.45) is 11.7 Å². The number of nitrogens with zero attached hydrogens (tertiary/aromatic N) is 2. The molecule has 1 saturated heterocycles. The van der Waals surface area contributed by atoms with Crippen molar-refractivity contribution in [3.05, 3.63) is 0 Å². The number of hydrogen-bond donors (Lipinski definition) is 1. The van der Waals surface area contributed by atoms with Gasteiger partial charge in [0, 0.05) is 20.1 Å². The van der Waals surface area contributed by atoms with Crippen LogP contribution in [0.5, 0.6) is 0 Å². The van der Waals surface area contributed by atoms with E-state index in [0.29, 0.717) is 25.4 Å². The van der Waals surface area contributed by atoms with Crippen LogP contribution in [0.3, 0.4) is 0 Å². The Kier molecular flexibility index (Phi) is 4.37. The molecule has 2 N–H and O–H groups in total. The van der Waals surface area contributed by atoms with Crippen molar-refractivity contribution in [2.45, 2.75) is 45.7 Å². The zero-order valence-corrected chi connectivity index (χ0v) is 12.1. The van der Waals surface area contributed by atoms with Gasteiger partial charge >= 0.3 is 0 Å². The molecule has 0 saturated carbocycles. The summed E-state index contributed by atoms with van der Waals surface area (Å²) in [5.41, 5.74) is 5.14. The zero-order valence-electron chi connectivity index (χ0n) is 12.1. The molecule has 0 aliphatic carbocycles. The lowest BCUT2D eigenvalue weighted by molar-refractivity contribution is -0.158. The molecule has 0 aromatic carbocycles. The molecule has 104 valence electrons. The van der Waals surface area contributed by atoms with Crippen molar-refractivity contribution in [3.8, 4) is 0 Å². The molecule has 1 rings (SSSR count). The summed E-state index contributed by atoms with van der Waals surface area (Å²) >= 11 is 0. The highest BCUT2D eigenvalue weighted by Gasteiger charge is 2.43. The molecule has 0 radical (unpaired) electrons. The van der Waals surface area contributed by atoms with Crippen molar-refractivity contribution in [1.82, 2.24) is 9.80 Å². The average molecular weight is 255 g/mol. The Morgan fingerprint density at radius 3 is 2.44 bits per heavy atom. The fourth-order valence-corrected chi connectivity index (χ4v) is 2.41. The molecule has 5 nitrogen and oxygen atoms in total. The van der Waals surface area contributed by atoms with E-state index in [1.807, 2.05) is 13.8 Å². The fraction of sp³-hybridized carbons (Fsp3) is 0.846. The van der Waals surface area contributed by atoms with E-state index in [2.05, 4.69) is 0 Å². The SMILES string of the molecule is CC(C)C[C@H](N)C(=O)N1CCN(C)C(=O)C1(C)C. The van der Waals surface area contributed by atoms with Gasteiger partial charge in [-0.3, -0.25) is 9.59 Å². The number of hydrogen-bond acceptors (Lipinski definition) is 3. The van der Waals surface area contributed by atoms with Crippen LogP contribution in [-0.2, 0) is 9.59 Å². The minimum Gasteiger partial charge on any atom is -0.342 e. The Morgan fingerprint density at radius 2 is 1.94 bits per heavy atom. The second kappa shape index (κ2) is 5.26. The predicted octanol–water partition coefficient (Wildman–Crippen LogP) is 0.439. The third-order valence-corrected chi connectivity index (χ3v) is 3.51. The first-order chi connectivity index (χ1) is 8.17. The lowest BCUT2D eigenvalue weighted by Gasteiger charge is -2.45. The summed E-state index contributed by atoms with van der Waals surface area (Å²) in [5.74, 6) is 0.226. The normalized spacial score (nSPS) is 21.4. The van der Waals surface area contributed by atoms with E-state index < -0.39 is 11.6 Å². The highest BCUT2D eigenvalue weighted by Crippen LogP contribution is 2.23. The molecular weight excluding hydrogens is 230 g/mol. The zero-order chi connectivity index (χ0) is 14.1. The van der Waals surface area contributed by atoms with E-state index in [0.717, 1.165) is 0 Å². The minimum absolute atomic E-state index is 0.0288. The molecule has 18 heavy (non-hydrogen) atoms. The topological polar surface area (TPSA) is 66.6 Å². The fourth-order valence-electron chi connectivity index (χ4n) is 2.41. The first-order valence-electron chi connectivity index (χ1n) is 6.50. The van der Waals surface area contributed by atoms with Gasteiger partial charge in [-0.15, -0.1) is 0 Å². The molecule has 0 aromatic rings. The van der Waals surface area contributed by atoms with E-state index in [4.69, 9.17) is 5.73 Å². The largest absolute Gasteiger partial charge is 0.342 e. The average Bonchev–Trinajstić information content (AvgIpc) is 2.24. The molecule has 1 aliphatic heterocycles. The molecule has 0 bridgehead atoms. The lowest BCUT2D eigenvalue weighted by Crippen LogP contribution is -2.65. The second-order valence-electron chi connectivity index (χ2n) is 6.01. The molecule has 0 spiro atoms. The van der Waals surface area contributed by atoms with Crippen molar-refractivity contribution in [3.63, 3.8) is 0 Å². The van der Waals surface area contributed by atoms with Gasteiger partial charge in [0.1, 0.15) is 5.54 Å². The van der Waals surface area contributed by atoms with Gasteiger partial charge in [0.2, 0.25) is 11.8 Å². The summed E-state index contributed by atoms with van der Waals surface area (Å²) in [4.78, 5) is 27.7. The number of rotatable bonds is 3. The van der Waals surface area contributed by atoms with Gasteiger partial charge in [0.25, 0.3) is 0 Å². The lowest BCUT2D eigenvalue weighted by atomic mass is 9.95. The molecule has 1 aliphatic rings. The monoisotopic (exact) mass is 255 g/mol. The Balaban J connectivity index is 2.82. The maximum Gasteiger partial charge on any atom is 0.247 e. The van der Waals surface area contributed by atoms with E-state index in [9.17, 15) is 9.59 Å². The summed E-state index contributed by atoms with van der Waals surface area (Å²) in [6, 6.07) is -0.513. The highest BCUT2D eigenvalue weighted by molar-refractivity contribution is 5.93. The van der Waals surface area contributed by atoms with E-state index in [-0.39, 0.29) is 11.8 Å². The van der Waals surface area contributed by atoms with Crippen LogP contribution in [0.25, 0.3) is 0 Å². The van der Waals surface area contributed by atoms with Gasteiger partial charge in [-0.05, 0) is 26.2 Å². The molecular formula is C13H25N3O2. The highest BCUT2D eigenvalue weighted by atomic mass is 16.2. The first kappa shape index (κ1) is 15.0. The Morgan fingerprint density at radius 1 is 1.39 bits per heavy atom. The van der Waals surface area contributed by atoms with Crippen molar-refractivity contribution < 1.29 is 9.59 Å². The van der Waals surface area contributed by atoms with Crippen LogP contribution in [0.1, 0.15) is 34.1 Å². The maximum absolute atomic E-state index is 12.3. The molecule has 1 heterocycles. The number of piperazine rings is 1. The van der Waals surface area contributed by atoms with Crippen LogP contribution in [0.4, 0.5) is 0 Å². The Labute approximate surface area is 109 Å². The number of carbonyl (C=O) groups excluding carboxylic acids is 2. The second-order valence-corrected chi connectivity index (χ2v) is 6.01. The Hall–Kier alpha value is -1.10. The smallest absolute Gasteiger partial charge is 0.247 e. The predicted molar refractivity (Wildman–Crippen MR) is 70.9 cm³/mol. The summed E-state index contributed by atoms with van der Waals surface area (Å²) in [7, 11) is 1.76. The standard InChI is InChI=1S/C13H25N3O2/c1-9(2)8-10(14)11(17)16-7-6-15(5)12(18)13(16,3)4/h9-10H,6-8,14H2,1-5H3/t10-/m0/s1.